The van der Waals surface area contributed by atoms with Crippen molar-refractivity contribution in [3.05, 3.63) is 22.2 Å². The number of benzene rings is 1. The summed E-state index contributed by atoms with van der Waals surface area (Å²) >= 11 is 3.37. The fourth-order valence-electron chi connectivity index (χ4n) is 2.82. The van der Waals surface area contributed by atoms with Crippen LogP contribution in [0.5, 0.6) is 11.5 Å². The molecule has 4 nitrogen and oxygen atoms in total. The fourth-order valence-corrected chi connectivity index (χ4v) is 3.31. The Kier molecular flexibility index (Phi) is 5.29. The van der Waals surface area contributed by atoms with E-state index in [1.807, 2.05) is 12.1 Å². The lowest BCUT2D eigenvalue weighted by molar-refractivity contribution is 0.215. The largest absolute Gasteiger partial charge is 0.503 e. The van der Waals surface area contributed by atoms with Crippen molar-refractivity contribution in [2.24, 2.45) is 0 Å². The molecule has 1 aromatic rings. The van der Waals surface area contributed by atoms with Gasteiger partial charge >= 0.3 is 0 Å². The maximum Gasteiger partial charge on any atom is 0.172 e. The molecule has 0 aliphatic carbocycles. The van der Waals surface area contributed by atoms with E-state index in [1.165, 1.54) is 19.4 Å². The predicted molar refractivity (Wildman–Crippen MR) is 84.3 cm³/mol. The van der Waals surface area contributed by atoms with Crippen molar-refractivity contribution in [3.63, 3.8) is 0 Å². The smallest absolute Gasteiger partial charge is 0.172 e. The number of nitrogens with zero attached hydrogens (tertiary/aromatic N) is 2. The van der Waals surface area contributed by atoms with E-state index in [2.05, 4.69) is 39.8 Å². The minimum absolute atomic E-state index is 0.162. The molecule has 0 amide bonds. The number of phenolic OH excluding ortho intramolecular Hbond substituents is 1. The summed E-state index contributed by atoms with van der Waals surface area (Å²) in [6, 6.07) is 4.50. The van der Waals surface area contributed by atoms with Crippen LogP contribution in [-0.4, -0.2) is 55.2 Å². The third-order valence-electron chi connectivity index (χ3n) is 3.95. The molecule has 1 aliphatic rings. The Balaban J connectivity index is 2.00. The Bertz CT molecular complexity index is 467. The second kappa shape index (κ2) is 6.78. The maximum atomic E-state index is 9.83. The number of phenols is 1. The van der Waals surface area contributed by atoms with E-state index in [0.29, 0.717) is 16.3 Å². The second-order valence-corrected chi connectivity index (χ2v) is 6.46. The Morgan fingerprint density at radius 3 is 2.85 bits per heavy atom. The lowest BCUT2D eigenvalue weighted by atomic mass is 10.1. The number of likely N-dealkylation sites (N-methyl/N-ethyl adjacent to an activating group) is 2. The van der Waals surface area contributed by atoms with Crippen LogP contribution in [0.15, 0.2) is 16.6 Å². The van der Waals surface area contributed by atoms with E-state index in [4.69, 9.17) is 4.74 Å². The first-order chi connectivity index (χ1) is 9.51. The summed E-state index contributed by atoms with van der Waals surface area (Å²) in [7, 11) is 5.91. The van der Waals surface area contributed by atoms with Crippen LogP contribution in [0.4, 0.5) is 0 Å². The van der Waals surface area contributed by atoms with Gasteiger partial charge in [-0.1, -0.05) is 0 Å². The molecule has 0 saturated carbocycles. The van der Waals surface area contributed by atoms with Gasteiger partial charge in [0.15, 0.2) is 11.5 Å². The minimum Gasteiger partial charge on any atom is -0.503 e. The average molecular weight is 343 g/mol. The summed E-state index contributed by atoms with van der Waals surface area (Å²) in [5.41, 5.74) is 1.13. The molecule has 0 radical (unpaired) electrons. The number of hydrogen-bond donors (Lipinski definition) is 1. The molecule has 112 valence electrons. The van der Waals surface area contributed by atoms with Crippen LogP contribution in [0.3, 0.4) is 0 Å². The molecule has 1 aromatic carbocycles. The van der Waals surface area contributed by atoms with Crippen molar-refractivity contribution in [1.82, 2.24) is 9.80 Å². The van der Waals surface area contributed by atoms with Crippen LogP contribution in [0.25, 0.3) is 0 Å². The van der Waals surface area contributed by atoms with Crippen LogP contribution >= 0.6 is 15.9 Å². The standard InChI is InChI=1S/C15H23BrN2O2/c1-17(10-12-5-4-6-18(12)2)9-11-7-13(16)15(19)14(8-11)20-3/h7-8,12,19H,4-6,9-10H2,1-3H3. The van der Waals surface area contributed by atoms with E-state index in [9.17, 15) is 5.11 Å². The molecule has 1 N–H and O–H groups in total. The fraction of sp³-hybridized carbons (Fsp3) is 0.600. The molecule has 2 rings (SSSR count). The zero-order valence-electron chi connectivity index (χ0n) is 12.4. The number of ether oxygens (including phenoxy) is 1. The minimum atomic E-state index is 0.162. The third kappa shape index (κ3) is 3.65. The average Bonchev–Trinajstić information content (AvgIpc) is 2.79. The highest BCUT2D eigenvalue weighted by Gasteiger charge is 2.22. The van der Waals surface area contributed by atoms with Crippen molar-refractivity contribution in [2.45, 2.75) is 25.4 Å². The Hall–Kier alpha value is -0.780. The Morgan fingerprint density at radius 1 is 1.50 bits per heavy atom. The van der Waals surface area contributed by atoms with Crippen LogP contribution in [-0.2, 0) is 6.54 Å². The van der Waals surface area contributed by atoms with Gasteiger partial charge in [0, 0.05) is 19.1 Å². The molecule has 0 spiro atoms. The van der Waals surface area contributed by atoms with Crippen LogP contribution < -0.4 is 4.74 Å². The van der Waals surface area contributed by atoms with Gasteiger partial charge in [-0.3, -0.25) is 0 Å². The molecule has 1 saturated heterocycles. The van der Waals surface area contributed by atoms with Gasteiger partial charge in [0.25, 0.3) is 0 Å². The van der Waals surface area contributed by atoms with Crippen molar-refractivity contribution in [2.75, 3.05) is 34.3 Å². The molecule has 0 aromatic heterocycles. The first-order valence-corrected chi connectivity index (χ1v) is 7.74. The van der Waals surface area contributed by atoms with E-state index < -0.39 is 0 Å². The summed E-state index contributed by atoms with van der Waals surface area (Å²) < 4.78 is 5.87. The monoisotopic (exact) mass is 342 g/mol. The molecule has 0 bridgehead atoms. The van der Waals surface area contributed by atoms with Crippen LogP contribution in [0.2, 0.25) is 0 Å². The van der Waals surface area contributed by atoms with Gasteiger partial charge in [-0.15, -0.1) is 0 Å². The molecule has 1 unspecified atom stereocenters. The van der Waals surface area contributed by atoms with Crippen molar-refractivity contribution < 1.29 is 9.84 Å². The van der Waals surface area contributed by atoms with Crippen molar-refractivity contribution in [3.8, 4) is 11.5 Å². The van der Waals surface area contributed by atoms with Crippen molar-refractivity contribution in [1.29, 1.82) is 0 Å². The van der Waals surface area contributed by atoms with E-state index >= 15 is 0 Å². The summed E-state index contributed by atoms with van der Waals surface area (Å²) in [4.78, 5) is 4.76. The SMILES string of the molecule is COc1cc(CN(C)CC2CCCN2C)cc(Br)c1O. The third-order valence-corrected chi connectivity index (χ3v) is 4.56. The number of hydrogen-bond acceptors (Lipinski definition) is 4. The van der Waals surface area contributed by atoms with E-state index in [-0.39, 0.29) is 5.75 Å². The molecular formula is C15H23BrN2O2. The molecule has 1 atom stereocenters. The zero-order chi connectivity index (χ0) is 14.7. The summed E-state index contributed by atoms with van der Waals surface area (Å²) in [5, 5.41) is 9.83. The lowest BCUT2D eigenvalue weighted by Crippen LogP contribution is -2.36. The summed E-state index contributed by atoms with van der Waals surface area (Å²) in [5.74, 6) is 0.676. The number of rotatable bonds is 5. The van der Waals surface area contributed by atoms with Crippen molar-refractivity contribution >= 4 is 15.9 Å². The highest BCUT2D eigenvalue weighted by molar-refractivity contribution is 9.10. The highest BCUT2D eigenvalue weighted by Crippen LogP contribution is 2.35. The maximum absolute atomic E-state index is 9.83. The normalized spacial score (nSPS) is 19.8. The Labute approximate surface area is 129 Å². The quantitative estimate of drug-likeness (QED) is 0.892. The molecule has 5 heteroatoms. The van der Waals surface area contributed by atoms with Gasteiger partial charge in [-0.2, -0.15) is 0 Å². The molecule has 20 heavy (non-hydrogen) atoms. The van der Waals surface area contributed by atoms with Gasteiger partial charge in [0.1, 0.15) is 0 Å². The molecule has 1 heterocycles. The van der Waals surface area contributed by atoms with Gasteiger partial charge in [0.05, 0.1) is 11.6 Å². The van der Waals surface area contributed by atoms with Gasteiger partial charge < -0.3 is 19.6 Å². The molecule has 1 aliphatic heterocycles. The van der Waals surface area contributed by atoms with Gasteiger partial charge in [-0.25, -0.2) is 0 Å². The highest BCUT2D eigenvalue weighted by atomic mass is 79.9. The molecule has 1 fully saturated rings. The van der Waals surface area contributed by atoms with Crippen LogP contribution in [0.1, 0.15) is 18.4 Å². The number of halogens is 1. The second-order valence-electron chi connectivity index (χ2n) is 5.60. The zero-order valence-corrected chi connectivity index (χ0v) is 14.0. The van der Waals surface area contributed by atoms with E-state index in [0.717, 1.165) is 18.7 Å². The lowest BCUT2D eigenvalue weighted by Gasteiger charge is -2.26. The van der Waals surface area contributed by atoms with Crippen LogP contribution in [0, 0.1) is 0 Å². The summed E-state index contributed by atoms with van der Waals surface area (Å²) in [6.45, 7) is 3.12. The van der Waals surface area contributed by atoms with Gasteiger partial charge in [0.2, 0.25) is 0 Å². The Morgan fingerprint density at radius 2 is 2.25 bits per heavy atom. The predicted octanol–water partition coefficient (Wildman–Crippen LogP) is 2.69. The molecular weight excluding hydrogens is 320 g/mol. The first kappa shape index (κ1) is 15.6. The first-order valence-electron chi connectivity index (χ1n) is 6.95. The summed E-state index contributed by atoms with van der Waals surface area (Å²) in [6.07, 6.45) is 2.58. The number of likely N-dealkylation sites (tertiary alicyclic amines) is 1. The number of aromatic hydroxyl groups is 1. The number of methoxy groups -OCH3 is 1. The van der Waals surface area contributed by atoms with Gasteiger partial charge in [-0.05, 0) is 67.1 Å². The van der Waals surface area contributed by atoms with E-state index in [1.54, 1.807) is 7.11 Å². The topological polar surface area (TPSA) is 35.9 Å².